The Hall–Kier alpha value is -0.920. The zero-order valence-electron chi connectivity index (χ0n) is 6.83. The molecule has 1 aliphatic rings. The minimum Gasteiger partial charge on any atom is -0.211 e. The topological polar surface area (TPSA) is 29.4 Å². The van der Waals surface area contributed by atoms with Crippen molar-refractivity contribution in [3.05, 3.63) is 21.9 Å². The summed E-state index contributed by atoms with van der Waals surface area (Å²) >= 11 is 1.72. The van der Waals surface area contributed by atoms with Crippen molar-refractivity contribution in [3.63, 3.8) is 0 Å². The summed E-state index contributed by atoms with van der Waals surface area (Å²) in [6, 6.07) is 4.13. The van der Waals surface area contributed by atoms with Gasteiger partial charge in [-0.25, -0.2) is 4.79 Å². The molecule has 2 nitrogen and oxygen atoms in total. The van der Waals surface area contributed by atoms with Gasteiger partial charge in [-0.2, -0.15) is 4.99 Å². The van der Waals surface area contributed by atoms with Crippen LogP contribution in [0.25, 0.3) is 0 Å². The van der Waals surface area contributed by atoms with Gasteiger partial charge in [0.2, 0.25) is 6.08 Å². The van der Waals surface area contributed by atoms with E-state index in [0.717, 1.165) is 12.8 Å². The van der Waals surface area contributed by atoms with Crippen LogP contribution < -0.4 is 0 Å². The Labute approximate surface area is 74.9 Å². The number of rotatable bonds is 2. The van der Waals surface area contributed by atoms with Crippen molar-refractivity contribution in [2.45, 2.75) is 25.3 Å². The fourth-order valence-corrected chi connectivity index (χ4v) is 2.36. The Kier molecular flexibility index (Phi) is 1.63. The SMILES string of the molecule is Cc1ccc(C2(N=C=O)CC2)s1. The lowest BCUT2D eigenvalue weighted by Gasteiger charge is -2.01. The van der Waals surface area contributed by atoms with Crippen molar-refractivity contribution in [2.24, 2.45) is 4.99 Å². The van der Waals surface area contributed by atoms with Crippen molar-refractivity contribution in [1.29, 1.82) is 0 Å². The smallest absolute Gasteiger partial charge is 0.211 e. The van der Waals surface area contributed by atoms with Crippen LogP contribution in [-0.2, 0) is 10.3 Å². The first-order valence-electron chi connectivity index (χ1n) is 3.93. The van der Waals surface area contributed by atoms with Crippen LogP contribution in [-0.4, -0.2) is 6.08 Å². The third-order valence-corrected chi connectivity index (χ3v) is 3.38. The molecule has 0 aromatic carbocycles. The monoisotopic (exact) mass is 179 g/mol. The predicted octanol–water partition coefficient (Wildman–Crippen LogP) is 2.38. The predicted molar refractivity (Wildman–Crippen MR) is 48.1 cm³/mol. The van der Waals surface area contributed by atoms with Gasteiger partial charge in [-0.1, -0.05) is 0 Å². The normalized spacial score (nSPS) is 18.4. The van der Waals surface area contributed by atoms with Gasteiger partial charge in [0.05, 0.1) is 0 Å². The van der Waals surface area contributed by atoms with E-state index in [-0.39, 0.29) is 5.54 Å². The van der Waals surface area contributed by atoms with Crippen LogP contribution in [0.4, 0.5) is 0 Å². The summed E-state index contributed by atoms with van der Waals surface area (Å²) < 4.78 is 0. The highest BCUT2D eigenvalue weighted by Gasteiger charge is 2.45. The molecule has 0 amide bonds. The number of hydrogen-bond acceptors (Lipinski definition) is 3. The third kappa shape index (κ3) is 1.11. The summed E-state index contributed by atoms with van der Waals surface area (Å²) in [5.74, 6) is 0. The van der Waals surface area contributed by atoms with Gasteiger partial charge in [-0.05, 0) is 31.9 Å². The fourth-order valence-electron chi connectivity index (χ4n) is 1.30. The average Bonchev–Trinajstić information content (AvgIpc) is 2.69. The number of isocyanates is 1. The molecule has 1 fully saturated rings. The maximum atomic E-state index is 10.2. The molecule has 1 aromatic rings. The zero-order valence-corrected chi connectivity index (χ0v) is 7.65. The highest BCUT2D eigenvalue weighted by Crippen LogP contribution is 2.51. The minimum absolute atomic E-state index is 0.166. The molecule has 0 bridgehead atoms. The van der Waals surface area contributed by atoms with Crippen LogP contribution in [0.1, 0.15) is 22.6 Å². The van der Waals surface area contributed by atoms with E-state index in [1.807, 2.05) is 0 Å². The Morgan fingerprint density at radius 2 is 2.33 bits per heavy atom. The van der Waals surface area contributed by atoms with E-state index in [0.29, 0.717) is 0 Å². The van der Waals surface area contributed by atoms with Crippen LogP contribution in [0.3, 0.4) is 0 Å². The highest BCUT2D eigenvalue weighted by molar-refractivity contribution is 7.12. The molecule has 1 aromatic heterocycles. The Morgan fingerprint density at radius 1 is 1.58 bits per heavy atom. The summed E-state index contributed by atoms with van der Waals surface area (Å²) in [5.41, 5.74) is -0.166. The molecular weight excluding hydrogens is 170 g/mol. The van der Waals surface area contributed by atoms with E-state index < -0.39 is 0 Å². The van der Waals surface area contributed by atoms with Gasteiger partial charge in [0.25, 0.3) is 0 Å². The third-order valence-electron chi connectivity index (χ3n) is 2.18. The van der Waals surface area contributed by atoms with Gasteiger partial charge in [-0.15, -0.1) is 11.3 Å². The van der Waals surface area contributed by atoms with Crippen molar-refractivity contribution in [1.82, 2.24) is 0 Å². The van der Waals surface area contributed by atoms with E-state index in [1.165, 1.54) is 9.75 Å². The zero-order chi connectivity index (χ0) is 8.60. The molecule has 1 heterocycles. The molecule has 0 N–H and O–H groups in total. The molecule has 1 aliphatic carbocycles. The Morgan fingerprint density at radius 3 is 2.75 bits per heavy atom. The van der Waals surface area contributed by atoms with Crippen molar-refractivity contribution in [2.75, 3.05) is 0 Å². The van der Waals surface area contributed by atoms with Gasteiger partial charge >= 0.3 is 0 Å². The van der Waals surface area contributed by atoms with Crippen LogP contribution in [0.2, 0.25) is 0 Å². The number of aliphatic imine (C=N–C) groups is 1. The van der Waals surface area contributed by atoms with E-state index in [1.54, 1.807) is 17.4 Å². The second-order valence-corrected chi connectivity index (χ2v) is 4.43. The first-order chi connectivity index (χ1) is 5.77. The summed E-state index contributed by atoms with van der Waals surface area (Å²) in [6.07, 6.45) is 3.66. The molecule has 1 saturated carbocycles. The lowest BCUT2D eigenvalue weighted by Crippen LogP contribution is -1.97. The number of carbonyl (C=O) groups excluding carboxylic acids is 1. The largest absolute Gasteiger partial charge is 0.235 e. The summed E-state index contributed by atoms with van der Waals surface area (Å²) in [4.78, 5) is 16.5. The first-order valence-corrected chi connectivity index (χ1v) is 4.74. The summed E-state index contributed by atoms with van der Waals surface area (Å²) in [6.45, 7) is 2.06. The molecule has 62 valence electrons. The Balaban J connectivity index is 2.36. The van der Waals surface area contributed by atoms with Crippen molar-refractivity contribution >= 4 is 17.4 Å². The molecule has 0 saturated heterocycles. The summed E-state index contributed by atoms with van der Waals surface area (Å²) in [7, 11) is 0. The number of aryl methyl sites for hydroxylation is 1. The molecule has 0 unspecified atom stereocenters. The van der Waals surface area contributed by atoms with E-state index in [4.69, 9.17) is 0 Å². The molecule has 0 radical (unpaired) electrons. The lowest BCUT2D eigenvalue weighted by molar-refractivity contribution is 0.557. The highest BCUT2D eigenvalue weighted by atomic mass is 32.1. The van der Waals surface area contributed by atoms with Crippen molar-refractivity contribution < 1.29 is 4.79 Å². The second-order valence-electron chi connectivity index (χ2n) is 3.14. The molecular formula is C9H9NOS. The van der Waals surface area contributed by atoms with Crippen molar-refractivity contribution in [3.8, 4) is 0 Å². The average molecular weight is 179 g/mol. The van der Waals surface area contributed by atoms with Gasteiger partial charge in [0.1, 0.15) is 5.54 Å². The number of nitrogens with zero attached hydrogens (tertiary/aromatic N) is 1. The van der Waals surface area contributed by atoms with Crippen LogP contribution >= 0.6 is 11.3 Å². The quantitative estimate of drug-likeness (QED) is 0.506. The van der Waals surface area contributed by atoms with Gasteiger partial charge in [0, 0.05) is 9.75 Å². The van der Waals surface area contributed by atoms with E-state index in [2.05, 4.69) is 24.0 Å². The van der Waals surface area contributed by atoms with Crippen LogP contribution in [0.15, 0.2) is 17.1 Å². The molecule has 0 aliphatic heterocycles. The first kappa shape index (κ1) is 7.71. The minimum atomic E-state index is -0.166. The molecule has 3 heteroatoms. The molecule has 0 spiro atoms. The maximum Gasteiger partial charge on any atom is 0.235 e. The standard InChI is InChI=1S/C9H9NOS/c1-7-2-3-8(12-7)9(4-5-9)10-6-11/h2-3H,4-5H2,1H3. The number of hydrogen-bond donors (Lipinski definition) is 0. The van der Waals surface area contributed by atoms with Gasteiger partial charge in [0.15, 0.2) is 0 Å². The molecule has 2 rings (SSSR count). The van der Waals surface area contributed by atoms with Crippen LogP contribution in [0.5, 0.6) is 0 Å². The van der Waals surface area contributed by atoms with Gasteiger partial charge < -0.3 is 0 Å². The lowest BCUT2D eigenvalue weighted by atomic mass is 10.2. The van der Waals surface area contributed by atoms with Crippen LogP contribution in [0, 0.1) is 6.92 Å². The molecule has 12 heavy (non-hydrogen) atoms. The van der Waals surface area contributed by atoms with Gasteiger partial charge in [-0.3, -0.25) is 0 Å². The Bertz CT molecular complexity index is 345. The maximum absolute atomic E-state index is 10.2. The second kappa shape index (κ2) is 2.54. The number of thiophene rings is 1. The summed E-state index contributed by atoms with van der Waals surface area (Å²) in [5, 5.41) is 0. The fraction of sp³-hybridized carbons (Fsp3) is 0.444. The molecule has 0 atom stereocenters. The van der Waals surface area contributed by atoms with E-state index in [9.17, 15) is 4.79 Å². The van der Waals surface area contributed by atoms with E-state index >= 15 is 0 Å².